The van der Waals surface area contributed by atoms with Crippen molar-refractivity contribution in [3.8, 4) is 11.1 Å². The quantitative estimate of drug-likeness (QED) is 0.708. The number of unbranched alkanes of at least 4 members (excludes halogenated alkanes) is 3. The Labute approximate surface area is 155 Å². The molecular weight excluding hydrogens is 322 g/mol. The summed E-state index contributed by atoms with van der Waals surface area (Å²) in [6.45, 7) is 4.70. The minimum absolute atomic E-state index is 0.00807. The molecule has 0 fully saturated rings. The van der Waals surface area contributed by atoms with Crippen molar-refractivity contribution in [3.05, 3.63) is 59.7 Å². The van der Waals surface area contributed by atoms with Crippen LogP contribution in [0.15, 0.2) is 53.5 Å². The molecule has 2 aromatic rings. The number of aliphatic imine (C=N–C) groups is 1. The predicted octanol–water partition coefficient (Wildman–Crippen LogP) is 4.01. The van der Waals surface area contributed by atoms with Gasteiger partial charge in [-0.05, 0) is 29.7 Å². The summed E-state index contributed by atoms with van der Waals surface area (Å²) in [5, 5.41) is 6.28. The summed E-state index contributed by atoms with van der Waals surface area (Å²) in [4.78, 5) is 16.6. The molecule has 0 bridgehead atoms. The molecule has 4 heteroatoms. The largest absolute Gasteiger partial charge is 0.368 e. The minimum Gasteiger partial charge on any atom is -0.368 e. The van der Waals surface area contributed by atoms with Crippen molar-refractivity contribution in [1.29, 1.82) is 0 Å². The van der Waals surface area contributed by atoms with E-state index in [1.807, 2.05) is 24.3 Å². The molecule has 0 saturated carbocycles. The molecule has 0 spiro atoms. The highest BCUT2D eigenvalue weighted by molar-refractivity contribution is 6.00. The fraction of sp³-hybridized carbons (Fsp3) is 0.364. The van der Waals surface area contributed by atoms with Crippen LogP contribution in [0, 0.1) is 0 Å². The Bertz CT molecular complexity index is 748. The number of hydrogen-bond acceptors (Lipinski definition) is 3. The molecule has 3 rings (SSSR count). The topological polar surface area (TPSA) is 53.5 Å². The summed E-state index contributed by atoms with van der Waals surface area (Å²) in [7, 11) is 0. The fourth-order valence-corrected chi connectivity index (χ4v) is 3.08. The molecule has 2 aromatic carbocycles. The molecule has 2 N–H and O–H groups in total. The first-order valence-electron chi connectivity index (χ1n) is 9.55. The van der Waals surface area contributed by atoms with Crippen LogP contribution >= 0.6 is 0 Å². The summed E-state index contributed by atoms with van der Waals surface area (Å²) in [6.07, 6.45) is 4.66. The van der Waals surface area contributed by atoms with Gasteiger partial charge in [-0.2, -0.15) is 0 Å². The predicted molar refractivity (Wildman–Crippen MR) is 108 cm³/mol. The zero-order valence-corrected chi connectivity index (χ0v) is 15.4. The second-order valence-electron chi connectivity index (χ2n) is 6.63. The molecule has 0 atom stereocenters. The molecule has 0 saturated heterocycles. The molecule has 26 heavy (non-hydrogen) atoms. The highest BCUT2D eigenvalue weighted by Crippen LogP contribution is 2.21. The number of amidine groups is 1. The van der Waals surface area contributed by atoms with Gasteiger partial charge in [-0.1, -0.05) is 62.6 Å². The lowest BCUT2D eigenvalue weighted by Gasteiger charge is -2.08. The van der Waals surface area contributed by atoms with E-state index in [0.717, 1.165) is 48.6 Å². The zero-order valence-electron chi connectivity index (χ0n) is 15.4. The van der Waals surface area contributed by atoms with Gasteiger partial charge in [-0.25, -0.2) is 0 Å². The number of amides is 1. The third-order valence-electron chi connectivity index (χ3n) is 4.63. The summed E-state index contributed by atoms with van der Waals surface area (Å²) in [6, 6.07) is 16.2. The van der Waals surface area contributed by atoms with Crippen LogP contribution in [0.3, 0.4) is 0 Å². The molecule has 0 aliphatic carbocycles. The first-order valence-corrected chi connectivity index (χ1v) is 9.55. The second kappa shape index (κ2) is 9.18. The zero-order chi connectivity index (χ0) is 18.2. The first-order chi connectivity index (χ1) is 12.8. The van der Waals surface area contributed by atoms with Crippen LogP contribution in [0.4, 0.5) is 0 Å². The number of carbonyl (C=O) groups excluding carboxylic acids is 1. The Balaban J connectivity index is 1.57. The standard InChI is InChI=1S/C22H27N3O/c1-2-3-4-5-14-25-22(26)20-12-8-18(9-13-20)17-6-10-19(11-7-17)21-23-15-16-24-21/h6-13H,2-5,14-16H2,1H3,(H,23,24)(H,25,26). The lowest BCUT2D eigenvalue weighted by atomic mass is 10.0. The summed E-state index contributed by atoms with van der Waals surface area (Å²) < 4.78 is 0. The van der Waals surface area contributed by atoms with Crippen molar-refractivity contribution in [1.82, 2.24) is 10.6 Å². The van der Waals surface area contributed by atoms with E-state index in [1.165, 1.54) is 19.3 Å². The van der Waals surface area contributed by atoms with Crippen molar-refractivity contribution < 1.29 is 4.79 Å². The Morgan fingerprint density at radius 3 is 2.23 bits per heavy atom. The van der Waals surface area contributed by atoms with Gasteiger partial charge in [0.15, 0.2) is 0 Å². The van der Waals surface area contributed by atoms with E-state index in [-0.39, 0.29) is 5.91 Å². The maximum absolute atomic E-state index is 12.2. The highest BCUT2D eigenvalue weighted by Gasteiger charge is 2.09. The summed E-state index contributed by atoms with van der Waals surface area (Å²) in [5.41, 5.74) is 4.08. The first kappa shape index (κ1) is 18.2. The van der Waals surface area contributed by atoms with Gasteiger partial charge >= 0.3 is 0 Å². The van der Waals surface area contributed by atoms with E-state index in [0.29, 0.717) is 5.56 Å². The van der Waals surface area contributed by atoms with Crippen LogP contribution in [0.1, 0.15) is 48.5 Å². The van der Waals surface area contributed by atoms with E-state index < -0.39 is 0 Å². The van der Waals surface area contributed by atoms with Crippen LogP contribution in [-0.4, -0.2) is 31.4 Å². The van der Waals surface area contributed by atoms with Gasteiger partial charge in [0, 0.05) is 24.2 Å². The van der Waals surface area contributed by atoms with Crippen LogP contribution in [-0.2, 0) is 0 Å². The van der Waals surface area contributed by atoms with Crippen LogP contribution in [0.2, 0.25) is 0 Å². The van der Waals surface area contributed by atoms with Gasteiger partial charge < -0.3 is 10.6 Å². The lowest BCUT2D eigenvalue weighted by molar-refractivity contribution is 0.0953. The third kappa shape index (κ3) is 4.72. The summed E-state index contributed by atoms with van der Waals surface area (Å²) in [5.74, 6) is 0.983. The lowest BCUT2D eigenvalue weighted by Crippen LogP contribution is -2.24. The molecule has 0 unspecified atom stereocenters. The maximum atomic E-state index is 12.2. The number of carbonyl (C=O) groups is 1. The molecule has 1 amide bonds. The third-order valence-corrected chi connectivity index (χ3v) is 4.63. The molecule has 136 valence electrons. The Morgan fingerprint density at radius 1 is 0.962 bits per heavy atom. The van der Waals surface area contributed by atoms with Gasteiger partial charge in [-0.3, -0.25) is 9.79 Å². The van der Waals surface area contributed by atoms with Gasteiger partial charge in [-0.15, -0.1) is 0 Å². The van der Waals surface area contributed by atoms with Gasteiger partial charge in [0.05, 0.1) is 6.54 Å². The Morgan fingerprint density at radius 2 is 1.62 bits per heavy atom. The van der Waals surface area contributed by atoms with Crippen molar-refractivity contribution >= 4 is 11.7 Å². The smallest absolute Gasteiger partial charge is 0.251 e. The number of rotatable bonds is 8. The molecule has 0 radical (unpaired) electrons. The number of benzene rings is 2. The molecule has 1 aliphatic rings. The van der Waals surface area contributed by atoms with Crippen molar-refractivity contribution in [3.63, 3.8) is 0 Å². The van der Waals surface area contributed by atoms with Crippen molar-refractivity contribution in [2.45, 2.75) is 32.6 Å². The fourth-order valence-electron chi connectivity index (χ4n) is 3.08. The maximum Gasteiger partial charge on any atom is 0.251 e. The summed E-state index contributed by atoms with van der Waals surface area (Å²) >= 11 is 0. The molecular formula is C22H27N3O. The van der Waals surface area contributed by atoms with Gasteiger partial charge in [0.1, 0.15) is 5.84 Å². The van der Waals surface area contributed by atoms with Crippen molar-refractivity contribution in [2.24, 2.45) is 4.99 Å². The molecule has 4 nitrogen and oxygen atoms in total. The van der Waals surface area contributed by atoms with Crippen LogP contribution in [0.5, 0.6) is 0 Å². The van der Waals surface area contributed by atoms with Gasteiger partial charge in [0.2, 0.25) is 0 Å². The minimum atomic E-state index is 0.00807. The molecule has 0 aromatic heterocycles. The number of hydrogen-bond donors (Lipinski definition) is 2. The highest BCUT2D eigenvalue weighted by atomic mass is 16.1. The second-order valence-corrected chi connectivity index (χ2v) is 6.63. The van der Waals surface area contributed by atoms with E-state index in [9.17, 15) is 4.79 Å². The van der Waals surface area contributed by atoms with E-state index in [1.54, 1.807) is 0 Å². The van der Waals surface area contributed by atoms with E-state index >= 15 is 0 Å². The average Bonchev–Trinajstić information content (AvgIpc) is 3.23. The van der Waals surface area contributed by atoms with Crippen LogP contribution in [0.25, 0.3) is 11.1 Å². The van der Waals surface area contributed by atoms with E-state index in [2.05, 4.69) is 46.8 Å². The number of nitrogens with zero attached hydrogens (tertiary/aromatic N) is 1. The molecule has 1 heterocycles. The SMILES string of the molecule is CCCCCCNC(=O)c1ccc(-c2ccc(C3=NCCN3)cc2)cc1. The Hall–Kier alpha value is -2.62. The Kier molecular flexibility index (Phi) is 6.42. The van der Waals surface area contributed by atoms with Crippen molar-refractivity contribution in [2.75, 3.05) is 19.6 Å². The molecule has 1 aliphatic heterocycles. The average molecular weight is 349 g/mol. The monoisotopic (exact) mass is 349 g/mol. The van der Waals surface area contributed by atoms with Gasteiger partial charge in [0.25, 0.3) is 5.91 Å². The normalized spacial score (nSPS) is 13.2. The van der Waals surface area contributed by atoms with Crippen LogP contribution < -0.4 is 10.6 Å². The number of nitrogens with one attached hydrogen (secondary N) is 2. The van der Waals surface area contributed by atoms with E-state index in [4.69, 9.17) is 0 Å².